The highest BCUT2D eigenvalue weighted by molar-refractivity contribution is 5.89. The van der Waals surface area contributed by atoms with Gasteiger partial charge in [-0.25, -0.2) is 9.67 Å². The van der Waals surface area contributed by atoms with Crippen LogP contribution in [-0.4, -0.2) is 21.2 Å². The van der Waals surface area contributed by atoms with Crippen molar-refractivity contribution in [3.8, 4) is 22.3 Å². The van der Waals surface area contributed by atoms with E-state index in [0.29, 0.717) is 34.2 Å². The first-order chi connectivity index (χ1) is 12.9. The number of nitrogens with one attached hydrogen (secondary N) is 2. The average molecular weight is 367 g/mol. The van der Waals surface area contributed by atoms with Crippen LogP contribution in [0.3, 0.4) is 0 Å². The topological polar surface area (TPSA) is 88.9 Å². The van der Waals surface area contributed by atoms with Crippen molar-refractivity contribution in [3.05, 3.63) is 64.0 Å². The highest BCUT2D eigenvalue weighted by Crippen LogP contribution is 2.34. The first-order valence-corrected chi connectivity index (χ1v) is 8.18. The molecule has 1 aromatic carbocycles. The fraction of sp³-hybridized carbons (Fsp3) is 0.158. The van der Waals surface area contributed by atoms with Crippen LogP contribution in [0.25, 0.3) is 22.3 Å². The molecular weight excluding hydrogens is 349 g/mol. The van der Waals surface area contributed by atoms with Gasteiger partial charge < -0.3 is 0 Å². The van der Waals surface area contributed by atoms with Crippen LogP contribution in [0.1, 0.15) is 11.1 Å². The number of benzene rings is 1. The number of hydrogen-bond acceptors (Lipinski definition) is 5. The Balaban J connectivity index is 2.37. The van der Waals surface area contributed by atoms with E-state index in [1.165, 1.54) is 17.9 Å². The van der Waals surface area contributed by atoms with Crippen LogP contribution < -0.4 is 16.4 Å². The van der Waals surface area contributed by atoms with Crippen molar-refractivity contribution in [2.45, 2.75) is 13.8 Å². The predicted molar refractivity (Wildman–Crippen MR) is 100 cm³/mol. The van der Waals surface area contributed by atoms with E-state index in [1.807, 2.05) is 31.2 Å². The SMILES string of the molecule is Cc1ccc(-c2c(-c3cnc(F)c(C)c3)c(NNC=O)nn(C)c2=O)cc1. The Morgan fingerprint density at radius 2 is 1.81 bits per heavy atom. The van der Waals surface area contributed by atoms with Crippen LogP contribution in [0.5, 0.6) is 0 Å². The quantitative estimate of drug-likeness (QED) is 0.410. The van der Waals surface area contributed by atoms with Gasteiger partial charge in [0.05, 0.1) is 5.56 Å². The minimum absolute atomic E-state index is 0.243. The van der Waals surface area contributed by atoms with Gasteiger partial charge in [0.2, 0.25) is 12.4 Å². The Morgan fingerprint density at radius 1 is 1.11 bits per heavy atom. The van der Waals surface area contributed by atoms with Gasteiger partial charge in [-0.2, -0.15) is 9.49 Å². The van der Waals surface area contributed by atoms with Crippen LogP contribution in [0.2, 0.25) is 0 Å². The van der Waals surface area contributed by atoms with Gasteiger partial charge in [-0.05, 0) is 25.5 Å². The zero-order valence-corrected chi connectivity index (χ0v) is 15.1. The van der Waals surface area contributed by atoms with E-state index in [1.54, 1.807) is 13.0 Å². The number of nitrogens with zero attached hydrogens (tertiary/aromatic N) is 3. The van der Waals surface area contributed by atoms with Crippen LogP contribution in [0.4, 0.5) is 10.2 Å². The smallest absolute Gasteiger partial charge is 0.275 e. The summed E-state index contributed by atoms with van der Waals surface area (Å²) in [5.74, 6) is -0.347. The molecule has 27 heavy (non-hydrogen) atoms. The lowest BCUT2D eigenvalue weighted by molar-refractivity contribution is -0.109. The van der Waals surface area contributed by atoms with E-state index in [9.17, 15) is 14.0 Å². The van der Waals surface area contributed by atoms with Crippen molar-refractivity contribution >= 4 is 12.2 Å². The first kappa shape index (κ1) is 18.2. The second-order valence-corrected chi connectivity index (χ2v) is 6.11. The standard InChI is InChI=1S/C19H18FN5O2/c1-11-4-6-13(7-5-11)16-15(14-8-12(2)17(20)21-9-14)18(23-22-10-26)24-25(3)19(16)27/h4-10H,1-3H3,(H,22,26)(H,23,24). The molecule has 138 valence electrons. The van der Waals surface area contributed by atoms with Gasteiger partial charge in [0.1, 0.15) is 0 Å². The fourth-order valence-electron chi connectivity index (χ4n) is 2.78. The van der Waals surface area contributed by atoms with E-state index >= 15 is 0 Å². The molecule has 0 aliphatic carbocycles. The van der Waals surface area contributed by atoms with E-state index in [0.717, 1.165) is 5.56 Å². The van der Waals surface area contributed by atoms with Gasteiger partial charge in [-0.3, -0.25) is 20.4 Å². The van der Waals surface area contributed by atoms with E-state index in [-0.39, 0.29) is 11.4 Å². The molecule has 0 unspecified atom stereocenters. The number of carbonyl (C=O) groups is 1. The molecule has 8 heteroatoms. The third kappa shape index (κ3) is 3.55. The maximum absolute atomic E-state index is 13.7. The molecule has 0 bridgehead atoms. The van der Waals surface area contributed by atoms with Gasteiger partial charge in [-0.15, -0.1) is 0 Å². The first-order valence-electron chi connectivity index (χ1n) is 8.18. The maximum Gasteiger partial charge on any atom is 0.275 e. The highest BCUT2D eigenvalue weighted by atomic mass is 19.1. The molecule has 3 rings (SSSR count). The van der Waals surface area contributed by atoms with Crippen molar-refractivity contribution in [2.75, 3.05) is 5.43 Å². The molecule has 0 radical (unpaired) electrons. The molecule has 2 aromatic heterocycles. The second-order valence-electron chi connectivity index (χ2n) is 6.11. The summed E-state index contributed by atoms with van der Waals surface area (Å²) in [6, 6.07) is 9.03. The van der Waals surface area contributed by atoms with Gasteiger partial charge in [0.25, 0.3) is 5.56 Å². The number of hydrogen-bond donors (Lipinski definition) is 2. The van der Waals surface area contributed by atoms with Crippen LogP contribution >= 0.6 is 0 Å². The number of aryl methyl sites for hydroxylation is 3. The Kier molecular flexibility index (Phi) is 4.98. The lowest BCUT2D eigenvalue weighted by Gasteiger charge is -2.16. The van der Waals surface area contributed by atoms with Crippen molar-refractivity contribution in [1.82, 2.24) is 20.2 Å². The lowest BCUT2D eigenvalue weighted by Crippen LogP contribution is -2.28. The summed E-state index contributed by atoms with van der Waals surface area (Å²) in [7, 11) is 1.52. The molecule has 7 nitrogen and oxygen atoms in total. The molecule has 0 aliphatic rings. The summed E-state index contributed by atoms with van der Waals surface area (Å²) in [5.41, 5.74) is 8.03. The Hall–Kier alpha value is -3.55. The number of halogens is 1. The van der Waals surface area contributed by atoms with Gasteiger partial charge in [0, 0.05) is 29.9 Å². The Morgan fingerprint density at radius 3 is 2.44 bits per heavy atom. The number of pyridine rings is 1. The third-order valence-corrected chi connectivity index (χ3v) is 4.14. The van der Waals surface area contributed by atoms with E-state index in [2.05, 4.69) is 20.9 Å². The Labute approximate surface area is 154 Å². The molecular formula is C19H18FN5O2. The van der Waals surface area contributed by atoms with Gasteiger partial charge in [-0.1, -0.05) is 29.8 Å². The summed E-state index contributed by atoms with van der Waals surface area (Å²) in [5, 5.41) is 4.19. The minimum atomic E-state index is -0.590. The van der Waals surface area contributed by atoms with Gasteiger partial charge in [0.15, 0.2) is 5.82 Å². The fourth-order valence-corrected chi connectivity index (χ4v) is 2.78. The minimum Gasteiger partial charge on any atom is -0.280 e. The molecule has 2 N–H and O–H groups in total. The van der Waals surface area contributed by atoms with Crippen molar-refractivity contribution < 1.29 is 9.18 Å². The lowest BCUT2D eigenvalue weighted by atomic mass is 9.96. The number of amides is 1. The number of rotatable bonds is 5. The van der Waals surface area contributed by atoms with Crippen LogP contribution in [0, 0.1) is 19.8 Å². The number of hydrazine groups is 1. The molecule has 3 aromatic rings. The molecule has 0 saturated carbocycles. The number of carbonyl (C=O) groups excluding carboxylic acids is 1. The summed E-state index contributed by atoms with van der Waals surface area (Å²) in [4.78, 5) is 27.4. The highest BCUT2D eigenvalue weighted by Gasteiger charge is 2.20. The number of aromatic nitrogens is 3. The maximum atomic E-state index is 13.7. The molecule has 0 fully saturated rings. The molecule has 0 saturated heterocycles. The molecule has 0 spiro atoms. The van der Waals surface area contributed by atoms with Crippen LogP contribution in [-0.2, 0) is 11.8 Å². The largest absolute Gasteiger partial charge is 0.280 e. The van der Waals surface area contributed by atoms with E-state index < -0.39 is 5.95 Å². The summed E-state index contributed by atoms with van der Waals surface area (Å²) in [6.45, 7) is 3.53. The van der Waals surface area contributed by atoms with Crippen molar-refractivity contribution in [1.29, 1.82) is 0 Å². The monoisotopic (exact) mass is 367 g/mol. The van der Waals surface area contributed by atoms with Crippen LogP contribution in [0.15, 0.2) is 41.3 Å². The van der Waals surface area contributed by atoms with Crippen molar-refractivity contribution in [3.63, 3.8) is 0 Å². The van der Waals surface area contributed by atoms with E-state index in [4.69, 9.17) is 0 Å². The van der Waals surface area contributed by atoms with Gasteiger partial charge >= 0.3 is 0 Å². The zero-order chi connectivity index (χ0) is 19.6. The molecule has 0 atom stereocenters. The predicted octanol–water partition coefficient (Wildman–Crippen LogP) is 2.34. The Bertz CT molecular complexity index is 1060. The molecule has 1 amide bonds. The normalized spacial score (nSPS) is 10.5. The number of anilines is 1. The molecule has 2 heterocycles. The average Bonchev–Trinajstić information content (AvgIpc) is 2.65. The molecule has 0 aliphatic heterocycles. The third-order valence-electron chi connectivity index (χ3n) is 4.14. The summed E-state index contributed by atoms with van der Waals surface area (Å²) >= 11 is 0. The van der Waals surface area contributed by atoms with Crippen molar-refractivity contribution in [2.24, 2.45) is 7.05 Å². The summed E-state index contributed by atoms with van der Waals surface area (Å²) in [6.07, 6.45) is 1.79. The summed E-state index contributed by atoms with van der Waals surface area (Å²) < 4.78 is 14.8. The zero-order valence-electron chi connectivity index (χ0n) is 15.1. The second kappa shape index (κ2) is 7.36.